The Hall–Kier alpha value is -0.570. The Kier molecular flexibility index (Phi) is 5.96. The third kappa shape index (κ3) is 3.98. The van der Waals surface area contributed by atoms with E-state index in [9.17, 15) is 0 Å². The van der Waals surface area contributed by atoms with Gasteiger partial charge in [-0.25, -0.2) is 0 Å². The fraction of sp³-hybridized carbons (Fsp3) is 0.571. The summed E-state index contributed by atoms with van der Waals surface area (Å²) in [5.41, 5.74) is 2.36. The van der Waals surface area contributed by atoms with Gasteiger partial charge in [-0.05, 0) is 43.5 Å². The molecule has 2 nitrogen and oxygen atoms in total. The highest BCUT2D eigenvalue weighted by Crippen LogP contribution is 2.30. The van der Waals surface area contributed by atoms with Crippen molar-refractivity contribution in [3.63, 3.8) is 0 Å². The molecule has 1 rings (SSSR count). The molecule has 3 heteroatoms. The Morgan fingerprint density at radius 2 is 2.12 bits per heavy atom. The standard InChI is InChI=1S/C14H22ClNO/c1-10-5-6-12(13(15)9-10)14(16-3)11(2)7-8-17-4/h5-6,9,11,14,16H,7-8H2,1-4H3. The van der Waals surface area contributed by atoms with Crippen LogP contribution in [-0.2, 0) is 4.74 Å². The first-order valence-corrected chi connectivity index (χ1v) is 6.40. The first kappa shape index (κ1) is 14.5. The van der Waals surface area contributed by atoms with Gasteiger partial charge in [0.2, 0.25) is 0 Å². The van der Waals surface area contributed by atoms with Crippen LogP contribution in [0.15, 0.2) is 18.2 Å². The van der Waals surface area contributed by atoms with Crippen molar-refractivity contribution in [1.82, 2.24) is 5.32 Å². The smallest absolute Gasteiger partial charge is 0.0465 e. The number of methoxy groups -OCH3 is 1. The lowest BCUT2D eigenvalue weighted by Crippen LogP contribution is -2.24. The summed E-state index contributed by atoms with van der Waals surface area (Å²) in [6.07, 6.45) is 1.02. The number of benzene rings is 1. The van der Waals surface area contributed by atoms with Crippen molar-refractivity contribution in [2.75, 3.05) is 20.8 Å². The Bertz CT molecular complexity index is 354. The van der Waals surface area contributed by atoms with Crippen molar-refractivity contribution in [3.8, 4) is 0 Å². The fourth-order valence-corrected chi connectivity index (χ4v) is 2.45. The molecule has 1 aromatic carbocycles. The summed E-state index contributed by atoms with van der Waals surface area (Å²) in [5, 5.41) is 4.19. The minimum absolute atomic E-state index is 0.276. The lowest BCUT2D eigenvalue weighted by atomic mass is 9.91. The van der Waals surface area contributed by atoms with Gasteiger partial charge in [0.1, 0.15) is 0 Å². The van der Waals surface area contributed by atoms with Gasteiger partial charge in [0.05, 0.1) is 0 Å². The Morgan fingerprint density at radius 1 is 1.41 bits per heavy atom. The summed E-state index contributed by atoms with van der Waals surface area (Å²) < 4.78 is 5.13. The van der Waals surface area contributed by atoms with E-state index < -0.39 is 0 Å². The van der Waals surface area contributed by atoms with E-state index in [0.717, 1.165) is 18.1 Å². The molecular weight excluding hydrogens is 234 g/mol. The largest absolute Gasteiger partial charge is 0.385 e. The molecule has 0 radical (unpaired) electrons. The van der Waals surface area contributed by atoms with Crippen molar-refractivity contribution in [3.05, 3.63) is 34.3 Å². The highest BCUT2D eigenvalue weighted by Gasteiger charge is 2.19. The summed E-state index contributed by atoms with van der Waals surface area (Å²) in [6.45, 7) is 5.05. The average Bonchev–Trinajstić information content (AvgIpc) is 2.30. The molecule has 0 bridgehead atoms. The highest BCUT2D eigenvalue weighted by molar-refractivity contribution is 6.31. The Labute approximate surface area is 109 Å². The van der Waals surface area contributed by atoms with Crippen molar-refractivity contribution >= 4 is 11.6 Å². The SMILES string of the molecule is CNC(c1ccc(C)cc1Cl)C(C)CCOC. The molecule has 17 heavy (non-hydrogen) atoms. The van der Waals surface area contributed by atoms with Gasteiger partial charge in [0.15, 0.2) is 0 Å². The zero-order valence-electron chi connectivity index (χ0n) is 11.1. The topological polar surface area (TPSA) is 21.3 Å². The first-order valence-electron chi connectivity index (χ1n) is 6.02. The van der Waals surface area contributed by atoms with E-state index in [0.29, 0.717) is 5.92 Å². The van der Waals surface area contributed by atoms with Crippen LogP contribution in [0, 0.1) is 12.8 Å². The van der Waals surface area contributed by atoms with E-state index in [2.05, 4.69) is 31.3 Å². The van der Waals surface area contributed by atoms with Crippen LogP contribution in [0.2, 0.25) is 5.02 Å². The summed E-state index contributed by atoms with van der Waals surface area (Å²) in [5.74, 6) is 0.486. The van der Waals surface area contributed by atoms with E-state index in [1.165, 1.54) is 11.1 Å². The molecule has 0 amide bonds. The quantitative estimate of drug-likeness (QED) is 0.839. The number of nitrogens with one attached hydrogen (secondary N) is 1. The van der Waals surface area contributed by atoms with Crippen LogP contribution in [0.1, 0.15) is 30.5 Å². The molecule has 0 saturated heterocycles. The molecule has 96 valence electrons. The average molecular weight is 256 g/mol. The van der Waals surface area contributed by atoms with Gasteiger partial charge in [-0.1, -0.05) is 30.7 Å². The highest BCUT2D eigenvalue weighted by atomic mass is 35.5. The van der Waals surface area contributed by atoms with E-state index in [4.69, 9.17) is 16.3 Å². The van der Waals surface area contributed by atoms with Gasteiger partial charge < -0.3 is 10.1 Å². The number of halogens is 1. The molecular formula is C14H22ClNO. The minimum atomic E-state index is 0.276. The van der Waals surface area contributed by atoms with Gasteiger partial charge in [0.25, 0.3) is 0 Å². The van der Waals surface area contributed by atoms with Crippen LogP contribution in [0.3, 0.4) is 0 Å². The molecule has 1 aromatic rings. The van der Waals surface area contributed by atoms with Gasteiger partial charge >= 0.3 is 0 Å². The zero-order valence-corrected chi connectivity index (χ0v) is 11.8. The van der Waals surface area contributed by atoms with Gasteiger partial charge in [0, 0.05) is 24.8 Å². The van der Waals surface area contributed by atoms with Crippen molar-refractivity contribution in [2.45, 2.75) is 26.3 Å². The van der Waals surface area contributed by atoms with Crippen LogP contribution >= 0.6 is 11.6 Å². The predicted octanol–water partition coefficient (Wildman–Crippen LogP) is 3.58. The second-order valence-corrected chi connectivity index (χ2v) is 4.96. The van der Waals surface area contributed by atoms with Crippen LogP contribution in [0.5, 0.6) is 0 Å². The van der Waals surface area contributed by atoms with Crippen LogP contribution < -0.4 is 5.32 Å². The lowest BCUT2D eigenvalue weighted by molar-refractivity contribution is 0.171. The molecule has 0 fully saturated rings. The van der Waals surface area contributed by atoms with Crippen LogP contribution in [0.25, 0.3) is 0 Å². The molecule has 0 aliphatic carbocycles. The number of rotatable bonds is 6. The molecule has 2 unspecified atom stereocenters. The van der Waals surface area contributed by atoms with E-state index in [1.807, 2.05) is 13.1 Å². The zero-order chi connectivity index (χ0) is 12.8. The van der Waals surface area contributed by atoms with Crippen molar-refractivity contribution in [1.29, 1.82) is 0 Å². The molecule has 2 atom stereocenters. The summed E-state index contributed by atoms with van der Waals surface area (Å²) in [7, 11) is 3.71. The second kappa shape index (κ2) is 7.00. The van der Waals surface area contributed by atoms with Crippen molar-refractivity contribution in [2.24, 2.45) is 5.92 Å². The first-order chi connectivity index (χ1) is 8.10. The lowest BCUT2D eigenvalue weighted by Gasteiger charge is -2.25. The maximum atomic E-state index is 6.31. The molecule has 0 aliphatic rings. The number of hydrogen-bond acceptors (Lipinski definition) is 2. The number of ether oxygens (including phenoxy) is 1. The van der Waals surface area contributed by atoms with Crippen molar-refractivity contribution < 1.29 is 4.74 Å². The summed E-state index contributed by atoms with van der Waals surface area (Å²) >= 11 is 6.31. The maximum Gasteiger partial charge on any atom is 0.0465 e. The van der Waals surface area contributed by atoms with Crippen LogP contribution in [0.4, 0.5) is 0 Å². The number of hydrogen-bond donors (Lipinski definition) is 1. The monoisotopic (exact) mass is 255 g/mol. The van der Waals surface area contributed by atoms with Gasteiger partial charge in [-0.3, -0.25) is 0 Å². The molecule has 0 spiro atoms. The fourth-order valence-electron chi connectivity index (χ4n) is 2.10. The molecule has 0 aromatic heterocycles. The van der Waals surface area contributed by atoms with Crippen LogP contribution in [-0.4, -0.2) is 20.8 Å². The van der Waals surface area contributed by atoms with Gasteiger partial charge in [-0.2, -0.15) is 0 Å². The molecule has 0 saturated carbocycles. The summed E-state index contributed by atoms with van der Waals surface area (Å²) in [4.78, 5) is 0. The summed E-state index contributed by atoms with van der Waals surface area (Å²) in [6, 6.07) is 6.51. The second-order valence-electron chi connectivity index (χ2n) is 4.55. The van der Waals surface area contributed by atoms with E-state index >= 15 is 0 Å². The normalized spacial score (nSPS) is 14.6. The van der Waals surface area contributed by atoms with E-state index in [-0.39, 0.29) is 6.04 Å². The molecule has 0 heterocycles. The predicted molar refractivity (Wildman–Crippen MR) is 73.6 cm³/mol. The third-order valence-corrected chi connectivity index (χ3v) is 3.48. The van der Waals surface area contributed by atoms with Gasteiger partial charge in [-0.15, -0.1) is 0 Å². The number of aryl methyl sites for hydroxylation is 1. The molecule has 0 aliphatic heterocycles. The Balaban J connectivity index is 2.85. The Morgan fingerprint density at radius 3 is 2.65 bits per heavy atom. The molecule has 1 N–H and O–H groups in total. The minimum Gasteiger partial charge on any atom is -0.385 e. The third-order valence-electron chi connectivity index (χ3n) is 3.15. The maximum absolute atomic E-state index is 6.31. The van der Waals surface area contributed by atoms with E-state index in [1.54, 1.807) is 7.11 Å².